The van der Waals surface area contributed by atoms with E-state index < -0.39 is 5.91 Å². The molecule has 0 fully saturated rings. The van der Waals surface area contributed by atoms with E-state index in [4.69, 9.17) is 19.2 Å². The van der Waals surface area contributed by atoms with Gasteiger partial charge in [-0.25, -0.2) is 0 Å². The molecule has 1 heterocycles. The average Bonchev–Trinajstić information content (AvgIpc) is 3.15. The number of rotatable bonds is 5. The van der Waals surface area contributed by atoms with E-state index in [1.165, 1.54) is 19.2 Å². The molecule has 0 aliphatic rings. The van der Waals surface area contributed by atoms with E-state index in [0.29, 0.717) is 28.2 Å². The van der Waals surface area contributed by atoms with Gasteiger partial charge in [-0.15, -0.1) is 5.10 Å². The second-order valence-corrected chi connectivity index (χ2v) is 5.12. The van der Waals surface area contributed by atoms with E-state index in [-0.39, 0.29) is 11.9 Å². The van der Waals surface area contributed by atoms with Gasteiger partial charge < -0.3 is 13.9 Å². The maximum Gasteiger partial charge on any atom is 0.322 e. The Labute approximate surface area is 149 Å². The number of carbonyl (C=O) groups excluding carboxylic acids is 1. The van der Waals surface area contributed by atoms with Crippen LogP contribution in [0.15, 0.2) is 46.9 Å². The fourth-order valence-electron chi connectivity index (χ4n) is 2.22. The number of nitrogens with one attached hydrogen (secondary N) is 1. The first kappa shape index (κ1) is 17.0. The smallest absolute Gasteiger partial charge is 0.322 e. The fourth-order valence-corrected chi connectivity index (χ4v) is 2.22. The van der Waals surface area contributed by atoms with E-state index >= 15 is 0 Å². The van der Waals surface area contributed by atoms with Gasteiger partial charge in [0.05, 0.1) is 31.4 Å². The van der Waals surface area contributed by atoms with Crippen LogP contribution in [-0.2, 0) is 0 Å². The summed E-state index contributed by atoms with van der Waals surface area (Å²) < 4.78 is 15.9. The Morgan fingerprint density at radius 3 is 2.54 bits per heavy atom. The predicted octanol–water partition coefficient (Wildman–Crippen LogP) is 2.88. The normalized spacial score (nSPS) is 10.0. The number of carbonyl (C=O) groups is 1. The van der Waals surface area contributed by atoms with Crippen molar-refractivity contribution in [1.82, 2.24) is 10.2 Å². The third-order valence-corrected chi connectivity index (χ3v) is 3.56. The van der Waals surface area contributed by atoms with Gasteiger partial charge in [0.2, 0.25) is 0 Å². The molecule has 8 nitrogen and oxygen atoms in total. The van der Waals surface area contributed by atoms with E-state index in [1.54, 1.807) is 37.4 Å². The number of hydrogen-bond acceptors (Lipinski definition) is 7. The molecular formula is C18H14N4O4. The molecular weight excluding hydrogens is 336 g/mol. The van der Waals surface area contributed by atoms with Crippen LogP contribution in [0.4, 0.5) is 6.01 Å². The van der Waals surface area contributed by atoms with Crippen molar-refractivity contribution in [3.8, 4) is 29.0 Å². The Bertz CT molecular complexity index is 974. The molecule has 0 atom stereocenters. The van der Waals surface area contributed by atoms with Crippen LogP contribution in [0.5, 0.6) is 11.5 Å². The maximum absolute atomic E-state index is 12.2. The molecule has 0 aliphatic heterocycles. The van der Waals surface area contributed by atoms with Crippen LogP contribution in [0.3, 0.4) is 0 Å². The number of hydrogen-bond donors (Lipinski definition) is 1. The van der Waals surface area contributed by atoms with Crippen molar-refractivity contribution in [2.45, 2.75) is 0 Å². The third-order valence-electron chi connectivity index (χ3n) is 3.56. The first-order chi connectivity index (χ1) is 12.6. The summed E-state index contributed by atoms with van der Waals surface area (Å²) in [4.78, 5) is 12.2. The van der Waals surface area contributed by atoms with Gasteiger partial charge in [0.25, 0.3) is 11.8 Å². The van der Waals surface area contributed by atoms with Crippen LogP contribution in [0, 0.1) is 11.3 Å². The lowest BCUT2D eigenvalue weighted by Crippen LogP contribution is -2.11. The summed E-state index contributed by atoms with van der Waals surface area (Å²) in [5, 5.41) is 19.1. The van der Waals surface area contributed by atoms with Crippen molar-refractivity contribution >= 4 is 11.9 Å². The first-order valence-corrected chi connectivity index (χ1v) is 7.52. The Morgan fingerprint density at radius 1 is 1.12 bits per heavy atom. The van der Waals surface area contributed by atoms with Gasteiger partial charge in [0, 0.05) is 11.6 Å². The molecule has 1 N–H and O–H groups in total. The molecule has 2 aromatic carbocycles. The van der Waals surface area contributed by atoms with Gasteiger partial charge in [-0.2, -0.15) is 5.26 Å². The zero-order valence-corrected chi connectivity index (χ0v) is 14.0. The summed E-state index contributed by atoms with van der Waals surface area (Å²) >= 11 is 0. The highest BCUT2D eigenvalue weighted by Gasteiger charge is 2.16. The Morgan fingerprint density at radius 2 is 1.88 bits per heavy atom. The number of ether oxygens (including phenoxy) is 2. The molecule has 0 unspecified atom stereocenters. The SMILES string of the molecule is COc1ccc(-c2nnc(NC(=O)c3ccc(C#N)cc3)o2)c(OC)c1. The van der Waals surface area contributed by atoms with Crippen molar-refractivity contribution in [3.63, 3.8) is 0 Å². The van der Waals surface area contributed by atoms with Crippen LogP contribution in [-0.4, -0.2) is 30.3 Å². The Hall–Kier alpha value is -3.86. The highest BCUT2D eigenvalue weighted by Crippen LogP contribution is 2.33. The lowest BCUT2D eigenvalue weighted by atomic mass is 10.1. The van der Waals surface area contributed by atoms with E-state index in [0.717, 1.165) is 0 Å². The average molecular weight is 350 g/mol. The van der Waals surface area contributed by atoms with Crippen LogP contribution >= 0.6 is 0 Å². The summed E-state index contributed by atoms with van der Waals surface area (Å²) in [6.45, 7) is 0. The lowest BCUT2D eigenvalue weighted by Gasteiger charge is -2.07. The number of benzene rings is 2. The number of methoxy groups -OCH3 is 2. The van der Waals surface area contributed by atoms with Crippen LogP contribution < -0.4 is 14.8 Å². The maximum atomic E-state index is 12.2. The van der Waals surface area contributed by atoms with E-state index in [9.17, 15) is 4.79 Å². The van der Waals surface area contributed by atoms with Gasteiger partial charge in [-0.1, -0.05) is 5.10 Å². The molecule has 3 aromatic rings. The topological polar surface area (TPSA) is 110 Å². The van der Waals surface area contributed by atoms with Crippen LogP contribution in [0.2, 0.25) is 0 Å². The van der Waals surface area contributed by atoms with Gasteiger partial charge in [0.1, 0.15) is 11.5 Å². The summed E-state index contributed by atoms with van der Waals surface area (Å²) in [7, 11) is 3.07. The zero-order valence-electron chi connectivity index (χ0n) is 14.0. The fraction of sp³-hybridized carbons (Fsp3) is 0.111. The second kappa shape index (κ2) is 7.36. The summed E-state index contributed by atoms with van der Waals surface area (Å²) in [6.07, 6.45) is 0. The van der Waals surface area contributed by atoms with E-state index in [1.807, 2.05) is 6.07 Å². The largest absolute Gasteiger partial charge is 0.497 e. The lowest BCUT2D eigenvalue weighted by molar-refractivity contribution is 0.102. The molecule has 26 heavy (non-hydrogen) atoms. The molecule has 0 bridgehead atoms. The quantitative estimate of drug-likeness (QED) is 0.753. The molecule has 130 valence electrons. The second-order valence-electron chi connectivity index (χ2n) is 5.12. The monoisotopic (exact) mass is 350 g/mol. The highest BCUT2D eigenvalue weighted by atomic mass is 16.5. The number of nitrogens with zero attached hydrogens (tertiary/aromatic N) is 3. The Kier molecular flexibility index (Phi) is 4.80. The highest BCUT2D eigenvalue weighted by molar-refractivity contribution is 6.03. The van der Waals surface area contributed by atoms with Gasteiger partial charge in [0.15, 0.2) is 0 Å². The van der Waals surface area contributed by atoms with Crippen LogP contribution in [0.1, 0.15) is 15.9 Å². The molecule has 0 spiro atoms. The zero-order chi connectivity index (χ0) is 18.5. The minimum atomic E-state index is -0.425. The molecule has 3 rings (SSSR count). The molecule has 0 aliphatic carbocycles. The predicted molar refractivity (Wildman–Crippen MR) is 91.9 cm³/mol. The molecule has 1 amide bonds. The molecule has 0 saturated carbocycles. The van der Waals surface area contributed by atoms with Gasteiger partial charge in [-0.3, -0.25) is 10.1 Å². The number of nitriles is 1. The Balaban J connectivity index is 1.79. The summed E-state index contributed by atoms with van der Waals surface area (Å²) in [5.41, 5.74) is 1.40. The minimum absolute atomic E-state index is 0.0489. The van der Waals surface area contributed by atoms with E-state index in [2.05, 4.69) is 15.5 Å². The van der Waals surface area contributed by atoms with Crippen LogP contribution in [0.25, 0.3) is 11.5 Å². The van der Waals surface area contributed by atoms with Crippen molar-refractivity contribution < 1.29 is 18.7 Å². The standard InChI is InChI=1S/C18H14N4O4/c1-24-13-7-8-14(15(9-13)25-2)17-21-22-18(26-17)20-16(23)12-5-3-11(10-19)4-6-12/h3-9H,1-2H3,(H,20,22,23). The number of aromatic nitrogens is 2. The minimum Gasteiger partial charge on any atom is -0.497 e. The molecule has 0 radical (unpaired) electrons. The van der Waals surface area contributed by atoms with Crippen molar-refractivity contribution in [2.24, 2.45) is 0 Å². The van der Waals surface area contributed by atoms with Crippen molar-refractivity contribution in [1.29, 1.82) is 5.26 Å². The number of anilines is 1. The summed E-state index contributed by atoms with van der Waals surface area (Å²) in [5.74, 6) is 0.892. The van der Waals surface area contributed by atoms with Gasteiger partial charge in [-0.05, 0) is 36.4 Å². The molecule has 0 saturated heterocycles. The summed E-state index contributed by atoms with van der Waals surface area (Å²) in [6, 6.07) is 13.3. The number of amides is 1. The van der Waals surface area contributed by atoms with Gasteiger partial charge >= 0.3 is 6.01 Å². The van der Waals surface area contributed by atoms with Crippen molar-refractivity contribution in [3.05, 3.63) is 53.6 Å². The van der Waals surface area contributed by atoms with Crippen molar-refractivity contribution in [2.75, 3.05) is 19.5 Å². The molecule has 1 aromatic heterocycles. The third kappa shape index (κ3) is 3.47. The molecule has 8 heteroatoms. The first-order valence-electron chi connectivity index (χ1n) is 7.52.